The number of nitrogens with one attached hydrogen (secondary N) is 1. The molecule has 14 heavy (non-hydrogen) atoms. The minimum absolute atomic E-state index is 0.00751. The molecule has 1 amide bonds. The first-order valence-corrected chi connectivity index (χ1v) is 5.13. The summed E-state index contributed by atoms with van der Waals surface area (Å²) in [7, 11) is 0. The van der Waals surface area contributed by atoms with Gasteiger partial charge in [-0.15, -0.1) is 11.6 Å². The molecule has 0 atom stereocenters. The zero-order chi connectivity index (χ0) is 10.6. The Labute approximate surface area is 89.3 Å². The summed E-state index contributed by atoms with van der Waals surface area (Å²) in [6.45, 7) is 4.18. The molecule has 0 aliphatic rings. The third kappa shape index (κ3) is 2.74. The van der Waals surface area contributed by atoms with E-state index < -0.39 is 0 Å². The topological polar surface area (TPSA) is 29.1 Å². The van der Waals surface area contributed by atoms with Crippen LogP contribution in [-0.4, -0.2) is 11.8 Å². The van der Waals surface area contributed by atoms with Gasteiger partial charge in [-0.3, -0.25) is 4.79 Å². The van der Waals surface area contributed by atoms with Crippen LogP contribution in [0.25, 0.3) is 0 Å². The van der Waals surface area contributed by atoms with Gasteiger partial charge in [0.1, 0.15) is 5.88 Å². The molecule has 0 saturated carbocycles. The van der Waals surface area contributed by atoms with Gasteiger partial charge >= 0.3 is 0 Å². The largest absolute Gasteiger partial charge is 0.325 e. The quantitative estimate of drug-likeness (QED) is 0.766. The van der Waals surface area contributed by atoms with E-state index in [0.717, 1.165) is 11.3 Å². The Hall–Kier alpha value is -1.02. The summed E-state index contributed by atoms with van der Waals surface area (Å²) in [5.74, 6) is 0.216. The standard InChI is InChI=1S/C11H14ClNO/c1-8(2)9-5-3-4-6-10(9)13-11(14)7-12/h3-6,8H,7H2,1-2H3,(H,13,14). The molecule has 0 aromatic heterocycles. The van der Waals surface area contributed by atoms with Gasteiger partial charge in [0.05, 0.1) is 0 Å². The van der Waals surface area contributed by atoms with Crippen molar-refractivity contribution in [2.75, 3.05) is 11.2 Å². The number of para-hydroxylation sites is 1. The van der Waals surface area contributed by atoms with Gasteiger partial charge < -0.3 is 5.32 Å². The van der Waals surface area contributed by atoms with Crippen molar-refractivity contribution >= 4 is 23.2 Å². The Kier molecular flexibility index (Phi) is 3.96. The van der Waals surface area contributed by atoms with E-state index in [9.17, 15) is 4.79 Å². The SMILES string of the molecule is CC(C)c1ccccc1NC(=O)CCl. The highest BCUT2D eigenvalue weighted by atomic mass is 35.5. The number of benzene rings is 1. The molecular weight excluding hydrogens is 198 g/mol. The number of carbonyl (C=O) groups excluding carboxylic acids is 1. The number of halogens is 1. The molecule has 2 nitrogen and oxygen atoms in total. The number of anilines is 1. The summed E-state index contributed by atoms with van der Waals surface area (Å²) in [5, 5.41) is 2.77. The molecular formula is C11H14ClNO. The van der Waals surface area contributed by atoms with Crippen LogP contribution in [0.2, 0.25) is 0 Å². The maximum atomic E-state index is 11.1. The fourth-order valence-electron chi connectivity index (χ4n) is 1.30. The minimum atomic E-state index is -0.167. The molecule has 0 saturated heterocycles. The summed E-state index contributed by atoms with van der Waals surface area (Å²) < 4.78 is 0. The molecule has 0 fully saturated rings. The van der Waals surface area contributed by atoms with Crippen LogP contribution in [0.15, 0.2) is 24.3 Å². The van der Waals surface area contributed by atoms with Crippen molar-refractivity contribution in [2.24, 2.45) is 0 Å². The van der Waals surface area contributed by atoms with Crippen LogP contribution in [0, 0.1) is 0 Å². The number of alkyl halides is 1. The van der Waals surface area contributed by atoms with Crippen LogP contribution >= 0.6 is 11.6 Å². The number of carbonyl (C=O) groups is 1. The summed E-state index contributed by atoms with van der Waals surface area (Å²) in [5.41, 5.74) is 1.99. The smallest absolute Gasteiger partial charge is 0.239 e. The molecule has 0 aliphatic carbocycles. The van der Waals surface area contributed by atoms with Crippen LogP contribution < -0.4 is 5.32 Å². The van der Waals surface area contributed by atoms with Crippen molar-refractivity contribution in [1.82, 2.24) is 0 Å². The maximum Gasteiger partial charge on any atom is 0.239 e. The van der Waals surface area contributed by atoms with Crippen molar-refractivity contribution in [3.8, 4) is 0 Å². The zero-order valence-electron chi connectivity index (χ0n) is 8.38. The van der Waals surface area contributed by atoms with Crippen LogP contribution in [0.1, 0.15) is 25.3 Å². The number of hydrogen-bond acceptors (Lipinski definition) is 1. The Morgan fingerprint density at radius 2 is 2.07 bits per heavy atom. The van der Waals surface area contributed by atoms with Crippen LogP contribution in [-0.2, 0) is 4.79 Å². The van der Waals surface area contributed by atoms with E-state index in [0.29, 0.717) is 5.92 Å². The van der Waals surface area contributed by atoms with Crippen molar-refractivity contribution in [2.45, 2.75) is 19.8 Å². The summed E-state index contributed by atoms with van der Waals surface area (Å²) >= 11 is 5.42. The van der Waals surface area contributed by atoms with Gasteiger partial charge in [-0.1, -0.05) is 32.0 Å². The molecule has 1 N–H and O–H groups in total. The van der Waals surface area contributed by atoms with E-state index in [2.05, 4.69) is 19.2 Å². The van der Waals surface area contributed by atoms with Gasteiger partial charge in [0.15, 0.2) is 0 Å². The molecule has 0 bridgehead atoms. The lowest BCUT2D eigenvalue weighted by atomic mass is 10.0. The average molecular weight is 212 g/mol. The van der Waals surface area contributed by atoms with Crippen molar-refractivity contribution < 1.29 is 4.79 Å². The van der Waals surface area contributed by atoms with E-state index in [4.69, 9.17) is 11.6 Å². The Bertz CT molecular complexity index is 323. The average Bonchev–Trinajstić information content (AvgIpc) is 2.18. The molecule has 3 heteroatoms. The second-order valence-electron chi connectivity index (χ2n) is 3.42. The third-order valence-corrected chi connectivity index (χ3v) is 2.22. The highest BCUT2D eigenvalue weighted by Crippen LogP contribution is 2.23. The Morgan fingerprint density at radius 3 is 2.64 bits per heavy atom. The van der Waals surface area contributed by atoms with E-state index in [-0.39, 0.29) is 11.8 Å². The van der Waals surface area contributed by atoms with Gasteiger partial charge in [0.25, 0.3) is 0 Å². The van der Waals surface area contributed by atoms with E-state index >= 15 is 0 Å². The lowest BCUT2D eigenvalue weighted by Gasteiger charge is -2.12. The fraction of sp³-hybridized carbons (Fsp3) is 0.364. The Balaban J connectivity index is 2.90. The molecule has 1 aromatic carbocycles. The fourth-order valence-corrected chi connectivity index (χ4v) is 1.36. The zero-order valence-corrected chi connectivity index (χ0v) is 9.14. The van der Waals surface area contributed by atoms with Crippen molar-refractivity contribution in [3.05, 3.63) is 29.8 Å². The third-order valence-electron chi connectivity index (χ3n) is 1.98. The van der Waals surface area contributed by atoms with Gasteiger partial charge in [-0.2, -0.15) is 0 Å². The van der Waals surface area contributed by atoms with Crippen LogP contribution in [0.4, 0.5) is 5.69 Å². The molecule has 0 heterocycles. The molecule has 1 aromatic rings. The Morgan fingerprint density at radius 1 is 1.43 bits per heavy atom. The highest BCUT2D eigenvalue weighted by molar-refractivity contribution is 6.29. The first-order chi connectivity index (χ1) is 6.65. The molecule has 0 spiro atoms. The van der Waals surface area contributed by atoms with E-state index in [1.165, 1.54) is 0 Å². The predicted octanol–water partition coefficient (Wildman–Crippen LogP) is 2.99. The second kappa shape index (κ2) is 5.01. The molecule has 0 radical (unpaired) electrons. The summed E-state index contributed by atoms with van der Waals surface area (Å²) in [6.07, 6.45) is 0. The van der Waals surface area contributed by atoms with Crippen LogP contribution in [0.5, 0.6) is 0 Å². The van der Waals surface area contributed by atoms with E-state index in [1.54, 1.807) is 0 Å². The number of rotatable bonds is 3. The molecule has 1 rings (SSSR count). The lowest BCUT2D eigenvalue weighted by Crippen LogP contribution is -2.14. The summed E-state index contributed by atoms with van der Waals surface area (Å²) in [4.78, 5) is 11.1. The van der Waals surface area contributed by atoms with Crippen molar-refractivity contribution in [3.63, 3.8) is 0 Å². The normalized spacial score (nSPS) is 10.3. The number of amides is 1. The van der Waals surface area contributed by atoms with Gasteiger partial charge in [0, 0.05) is 5.69 Å². The van der Waals surface area contributed by atoms with Gasteiger partial charge in [-0.25, -0.2) is 0 Å². The lowest BCUT2D eigenvalue weighted by molar-refractivity contribution is -0.113. The maximum absolute atomic E-state index is 11.1. The minimum Gasteiger partial charge on any atom is -0.325 e. The molecule has 0 aliphatic heterocycles. The number of hydrogen-bond donors (Lipinski definition) is 1. The van der Waals surface area contributed by atoms with Crippen molar-refractivity contribution in [1.29, 1.82) is 0 Å². The first-order valence-electron chi connectivity index (χ1n) is 4.60. The summed E-state index contributed by atoms with van der Waals surface area (Å²) in [6, 6.07) is 7.76. The molecule has 0 unspecified atom stereocenters. The van der Waals surface area contributed by atoms with Crippen LogP contribution in [0.3, 0.4) is 0 Å². The van der Waals surface area contributed by atoms with E-state index in [1.807, 2.05) is 24.3 Å². The monoisotopic (exact) mass is 211 g/mol. The van der Waals surface area contributed by atoms with Gasteiger partial charge in [-0.05, 0) is 17.5 Å². The van der Waals surface area contributed by atoms with Gasteiger partial charge in [0.2, 0.25) is 5.91 Å². The molecule has 76 valence electrons. The highest BCUT2D eigenvalue weighted by Gasteiger charge is 2.07. The first kappa shape index (κ1) is 11.1. The second-order valence-corrected chi connectivity index (χ2v) is 3.69. The predicted molar refractivity (Wildman–Crippen MR) is 59.9 cm³/mol.